The van der Waals surface area contributed by atoms with Crippen molar-refractivity contribution >= 4 is 11.4 Å². The van der Waals surface area contributed by atoms with Crippen LogP contribution >= 0.6 is 0 Å². The highest BCUT2D eigenvalue weighted by Gasteiger charge is 1.98. The Morgan fingerprint density at radius 1 is 1.58 bits per heavy atom. The first-order valence-corrected chi connectivity index (χ1v) is 3.22. The van der Waals surface area contributed by atoms with Crippen molar-refractivity contribution in [2.75, 3.05) is 12.1 Å². The third kappa shape index (κ3) is 1.51. The Morgan fingerprint density at radius 3 is 2.67 bits per heavy atom. The molecule has 0 aliphatic heterocycles. The van der Waals surface area contributed by atoms with Gasteiger partial charge in [-0.1, -0.05) is 5.75 Å². The van der Waals surface area contributed by atoms with Crippen LogP contribution < -0.4 is 10.2 Å². The van der Waals surface area contributed by atoms with E-state index >= 15 is 0 Å². The van der Waals surface area contributed by atoms with Gasteiger partial charge in [0.2, 0.25) is 0 Å². The van der Waals surface area contributed by atoms with Crippen LogP contribution in [-0.4, -0.2) is 12.3 Å². The predicted octanol–water partition coefficient (Wildman–Crippen LogP) is 0.983. The Hall–Kier alpha value is -1.62. The number of benzene rings is 1. The van der Waals surface area contributed by atoms with Gasteiger partial charge in [0.05, 0.1) is 11.4 Å². The monoisotopic (exact) mass is 167 g/mol. The van der Waals surface area contributed by atoms with Gasteiger partial charge in [-0.3, -0.25) is 10.3 Å². The van der Waals surface area contributed by atoms with Crippen LogP contribution in [0.15, 0.2) is 23.4 Å². The minimum atomic E-state index is -0.497. The summed E-state index contributed by atoms with van der Waals surface area (Å²) >= 11 is 0. The molecule has 5 heteroatoms. The zero-order chi connectivity index (χ0) is 9.14. The topological polar surface area (TPSA) is 76.0 Å². The van der Waals surface area contributed by atoms with E-state index in [4.69, 9.17) is 5.21 Å². The van der Waals surface area contributed by atoms with E-state index in [-0.39, 0.29) is 5.69 Å². The molecule has 0 unspecified atom stereocenters. The molecule has 0 aliphatic carbocycles. The number of hydrogen-bond donors (Lipinski definition) is 1. The van der Waals surface area contributed by atoms with Crippen LogP contribution in [0.25, 0.3) is 0 Å². The van der Waals surface area contributed by atoms with Gasteiger partial charge < -0.3 is 5.11 Å². The second-order valence-electron chi connectivity index (χ2n) is 2.27. The van der Waals surface area contributed by atoms with Crippen molar-refractivity contribution in [1.82, 2.24) is 0 Å². The number of nitroso groups, excluding NO2 is 1. The normalized spacial score (nSPS) is 9.50. The fraction of sp³-hybridized carbons (Fsp3) is 0.143. The quantitative estimate of drug-likeness (QED) is 0.526. The smallest absolute Gasteiger partial charge is 0.0998 e. The summed E-state index contributed by atoms with van der Waals surface area (Å²) in [5.74, 6) is -0.497. The second kappa shape index (κ2) is 3.19. The number of hydroxylamine groups is 1. The van der Waals surface area contributed by atoms with E-state index in [2.05, 4.69) is 5.18 Å². The van der Waals surface area contributed by atoms with Gasteiger partial charge in [0, 0.05) is 7.05 Å². The van der Waals surface area contributed by atoms with Gasteiger partial charge in [0.25, 0.3) is 0 Å². The molecule has 0 fully saturated rings. The third-order valence-electron chi connectivity index (χ3n) is 1.42. The zero-order valence-electron chi connectivity index (χ0n) is 6.39. The lowest BCUT2D eigenvalue weighted by molar-refractivity contribution is -0.267. The number of hydrogen-bond acceptors (Lipinski definition) is 5. The van der Waals surface area contributed by atoms with E-state index in [9.17, 15) is 10.0 Å². The summed E-state index contributed by atoms with van der Waals surface area (Å²) < 4.78 is 0. The molecule has 12 heavy (non-hydrogen) atoms. The average molecular weight is 167 g/mol. The predicted molar refractivity (Wildman–Crippen MR) is 41.5 cm³/mol. The van der Waals surface area contributed by atoms with Crippen LogP contribution in [-0.2, 0) is 0 Å². The maximum absolute atomic E-state index is 10.9. The lowest BCUT2D eigenvalue weighted by Gasteiger charge is -2.14. The van der Waals surface area contributed by atoms with Gasteiger partial charge in [-0.2, -0.15) is 0 Å². The van der Waals surface area contributed by atoms with Gasteiger partial charge >= 0.3 is 0 Å². The Morgan fingerprint density at radius 2 is 2.25 bits per heavy atom. The van der Waals surface area contributed by atoms with Crippen LogP contribution in [0.5, 0.6) is 5.75 Å². The summed E-state index contributed by atoms with van der Waals surface area (Å²) in [5.41, 5.74) is 0.174. The number of rotatable bonds is 2. The van der Waals surface area contributed by atoms with Crippen LogP contribution in [0.3, 0.4) is 0 Å². The molecule has 0 aromatic heterocycles. The Balaban J connectivity index is 3.10. The van der Waals surface area contributed by atoms with Gasteiger partial charge in [-0.25, -0.2) is 0 Å². The molecule has 0 heterocycles. The first kappa shape index (κ1) is 8.48. The van der Waals surface area contributed by atoms with Crippen molar-refractivity contribution in [1.29, 1.82) is 0 Å². The van der Waals surface area contributed by atoms with Crippen molar-refractivity contribution in [3.63, 3.8) is 0 Å². The Labute approximate surface area is 68.8 Å². The van der Waals surface area contributed by atoms with Crippen LogP contribution in [0.1, 0.15) is 0 Å². The maximum atomic E-state index is 10.9. The molecule has 0 saturated carbocycles. The minimum absolute atomic E-state index is 0.152. The first-order chi connectivity index (χ1) is 5.65. The molecule has 0 spiro atoms. The highest BCUT2D eigenvalue weighted by molar-refractivity contribution is 5.59. The lowest BCUT2D eigenvalue weighted by atomic mass is 10.2. The number of anilines is 1. The van der Waals surface area contributed by atoms with E-state index in [1.54, 1.807) is 0 Å². The highest BCUT2D eigenvalue weighted by atomic mass is 16.5. The average Bonchev–Trinajstić information content (AvgIpc) is 2.04. The van der Waals surface area contributed by atoms with Crippen LogP contribution in [0.2, 0.25) is 0 Å². The van der Waals surface area contributed by atoms with E-state index in [0.29, 0.717) is 5.69 Å². The summed E-state index contributed by atoms with van der Waals surface area (Å²) in [4.78, 5) is 9.98. The molecule has 0 saturated heterocycles. The van der Waals surface area contributed by atoms with Crippen molar-refractivity contribution in [2.24, 2.45) is 5.18 Å². The molecule has 64 valence electrons. The second-order valence-corrected chi connectivity index (χ2v) is 2.27. The molecule has 1 N–H and O–H groups in total. The van der Waals surface area contributed by atoms with E-state index in [1.165, 1.54) is 19.2 Å². The van der Waals surface area contributed by atoms with Gasteiger partial charge in [0.15, 0.2) is 0 Å². The molecule has 0 atom stereocenters. The molecule has 5 nitrogen and oxygen atoms in total. The zero-order valence-corrected chi connectivity index (χ0v) is 6.39. The Bertz CT molecular complexity index is 299. The van der Waals surface area contributed by atoms with Crippen LogP contribution in [0, 0.1) is 4.91 Å². The molecule has 1 rings (SSSR count). The maximum Gasteiger partial charge on any atom is 0.0998 e. The molecular weight excluding hydrogens is 160 g/mol. The van der Waals surface area contributed by atoms with Crippen molar-refractivity contribution < 1.29 is 10.3 Å². The minimum Gasteiger partial charge on any atom is -0.871 e. The lowest BCUT2D eigenvalue weighted by Crippen LogP contribution is -2.09. The van der Waals surface area contributed by atoms with Crippen molar-refractivity contribution in [3.05, 3.63) is 23.1 Å². The SMILES string of the molecule is CN(O)c1ccc(N=O)c([O-])c1. The molecule has 0 bridgehead atoms. The molecular formula is C7H7N2O3-. The summed E-state index contributed by atoms with van der Waals surface area (Å²) in [5, 5.41) is 23.1. The van der Waals surface area contributed by atoms with E-state index in [1.807, 2.05) is 0 Å². The molecule has 0 radical (unpaired) electrons. The molecule has 0 amide bonds. The molecule has 1 aromatic rings. The fourth-order valence-electron chi connectivity index (χ4n) is 0.780. The number of nitrogens with zero attached hydrogens (tertiary/aromatic N) is 2. The van der Waals surface area contributed by atoms with Crippen LogP contribution in [0.4, 0.5) is 11.4 Å². The standard InChI is InChI=1S/C7H8N2O3/c1-9(12)5-2-3-6(8-11)7(10)4-5/h2-4,10,12H,1H3/p-1. The fourth-order valence-corrected chi connectivity index (χ4v) is 0.780. The van der Waals surface area contributed by atoms with Gasteiger partial charge in [-0.05, 0) is 23.4 Å². The van der Waals surface area contributed by atoms with E-state index < -0.39 is 5.75 Å². The summed E-state index contributed by atoms with van der Waals surface area (Å²) in [6.45, 7) is 0. The first-order valence-electron chi connectivity index (χ1n) is 3.22. The summed E-state index contributed by atoms with van der Waals surface area (Å²) in [7, 11) is 1.38. The largest absolute Gasteiger partial charge is 0.871 e. The van der Waals surface area contributed by atoms with E-state index in [0.717, 1.165) is 11.1 Å². The molecule has 1 aromatic carbocycles. The van der Waals surface area contributed by atoms with Gasteiger partial charge in [0.1, 0.15) is 0 Å². The van der Waals surface area contributed by atoms with Crippen molar-refractivity contribution in [3.8, 4) is 5.75 Å². The summed E-state index contributed by atoms with van der Waals surface area (Å²) in [6, 6.07) is 3.83. The van der Waals surface area contributed by atoms with Crippen molar-refractivity contribution in [2.45, 2.75) is 0 Å². The third-order valence-corrected chi connectivity index (χ3v) is 1.42. The summed E-state index contributed by atoms with van der Waals surface area (Å²) in [6.07, 6.45) is 0. The van der Waals surface area contributed by atoms with Gasteiger partial charge in [-0.15, -0.1) is 4.91 Å². The highest BCUT2D eigenvalue weighted by Crippen LogP contribution is 2.27. The molecule has 0 aliphatic rings. The Kier molecular flexibility index (Phi) is 2.25.